The van der Waals surface area contributed by atoms with E-state index in [1.807, 2.05) is 19.1 Å². The van der Waals surface area contributed by atoms with E-state index in [0.29, 0.717) is 41.4 Å². The third-order valence-corrected chi connectivity index (χ3v) is 6.25. The monoisotopic (exact) mass is 450 g/mol. The van der Waals surface area contributed by atoms with E-state index in [1.54, 1.807) is 6.07 Å². The Bertz CT molecular complexity index is 1110. The first-order valence-corrected chi connectivity index (χ1v) is 11.4. The minimum absolute atomic E-state index is 0.00773. The summed E-state index contributed by atoms with van der Waals surface area (Å²) >= 11 is 0. The van der Waals surface area contributed by atoms with Gasteiger partial charge in [-0.3, -0.25) is 10.1 Å². The first-order valence-electron chi connectivity index (χ1n) is 11.4. The van der Waals surface area contributed by atoms with Crippen LogP contribution in [0.15, 0.2) is 42.7 Å². The Labute approximate surface area is 193 Å². The van der Waals surface area contributed by atoms with Crippen LogP contribution in [0.3, 0.4) is 0 Å². The highest BCUT2D eigenvalue weighted by Gasteiger charge is 2.21. The number of nitrogens with zero attached hydrogens (tertiary/aromatic N) is 4. The number of hydrogen-bond donors (Lipinski definition) is 3. The molecule has 0 atom stereocenters. The Balaban J connectivity index is 1.56. The average molecular weight is 451 g/mol. The highest BCUT2D eigenvalue weighted by Crippen LogP contribution is 2.33. The van der Waals surface area contributed by atoms with E-state index in [-0.39, 0.29) is 17.2 Å². The molecule has 1 aliphatic heterocycles. The molecule has 9 nitrogen and oxygen atoms in total. The van der Waals surface area contributed by atoms with E-state index in [9.17, 15) is 15.2 Å². The number of nitro benzene ring substituents is 1. The van der Waals surface area contributed by atoms with Crippen molar-refractivity contribution in [2.24, 2.45) is 5.92 Å². The van der Waals surface area contributed by atoms with Crippen LogP contribution >= 0.6 is 0 Å². The van der Waals surface area contributed by atoms with Crippen molar-refractivity contribution in [2.45, 2.75) is 32.7 Å². The number of anilines is 3. The van der Waals surface area contributed by atoms with Crippen molar-refractivity contribution < 1.29 is 10.0 Å². The highest BCUT2D eigenvalue weighted by atomic mass is 16.6. The number of nitro groups is 1. The lowest BCUT2D eigenvalue weighted by Crippen LogP contribution is -2.34. The summed E-state index contributed by atoms with van der Waals surface area (Å²) in [5, 5.41) is 27.8. The molecule has 9 heteroatoms. The van der Waals surface area contributed by atoms with Crippen LogP contribution in [-0.4, -0.2) is 46.2 Å². The smallest absolute Gasteiger partial charge is 0.293 e. The van der Waals surface area contributed by atoms with E-state index in [0.717, 1.165) is 37.9 Å². The third-order valence-electron chi connectivity index (χ3n) is 6.25. The molecule has 0 bridgehead atoms. The second-order valence-electron chi connectivity index (χ2n) is 8.32. The maximum absolute atomic E-state index is 11.6. The summed E-state index contributed by atoms with van der Waals surface area (Å²) in [4.78, 5) is 22.3. The number of nitrogens with one attached hydrogen (secondary N) is 2. The van der Waals surface area contributed by atoms with Crippen LogP contribution < -0.4 is 15.5 Å². The first kappa shape index (κ1) is 22.7. The Hall–Kier alpha value is -3.46. The van der Waals surface area contributed by atoms with Crippen molar-refractivity contribution in [3.05, 3.63) is 58.4 Å². The fourth-order valence-corrected chi connectivity index (χ4v) is 4.51. The normalized spacial score (nSPS) is 14.4. The summed E-state index contributed by atoms with van der Waals surface area (Å²) in [7, 11) is 0. The molecular formula is C24H30N6O3. The van der Waals surface area contributed by atoms with E-state index in [4.69, 9.17) is 0 Å². The average Bonchev–Trinajstić information content (AvgIpc) is 2.83. The van der Waals surface area contributed by atoms with Gasteiger partial charge in [0.1, 0.15) is 17.8 Å². The number of piperidine rings is 1. The molecule has 1 aromatic heterocycles. The van der Waals surface area contributed by atoms with Crippen LogP contribution in [-0.2, 0) is 6.54 Å². The predicted molar refractivity (Wildman–Crippen MR) is 131 cm³/mol. The Morgan fingerprint density at radius 2 is 1.97 bits per heavy atom. The van der Waals surface area contributed by atoms with Gasteiger partial charge >= 0.3 is 0 Å². The fraction of sp³-hybridized carbons (Fsp3) is 0.417. The van der Waals surface area contributed by atoms with E-state index < -0.39 is 0 Å². The topological polar surface area (TPSA) is 116 Å². The molecule has 174 valence electrons. The number of aliphatic hydroxyl groups is 1. The number of fused-ring (bicyclic) bond motifs is 1. The largest absolute Gasteiger partial charge is 0.396 e. The fourth-order valence-electron chi connectivity index (χ4n) is 4.51. The number of rotatable bonds is 9. The van der Waals surface area contributed by atoms with Gasteiger partial charge in [-0.05, 0) is 49.8 Å². The molecule has 4 rings (SSSR count). The molecule has 3 N–H and O–H groups in total. The van der Waals surface area contributed by atoms with Crippen molar-refractivity contribution in [1.29, 1.82) is 0 Å². The SMILES string of the molecule is CCNc1cc2ncnc(NCc3ccccc3N3CCC(CCO)CC3)c2cc1[N+](=O)[O-]. The third kappa shape index (κ3) is 5.14. The van der Waals surface area contributed by atoms with Crippen molar-refractivity contribution >= 4 is 33.8 Å². The minimum Gasteiger partial charge on any atom is -0.396 e. The van der Waals surface area contributed by atoms with Gasteiger partial charge in [0, 0.05) is 49.9 Å². The van der Waals surface area contributed by atoms with Gasteiger partial charge in [0.05, 0.1) is 10.4 Å². The maximum atomic E-state index is 11.6. The number of para-hydroxylation sites is 1. The molecule has 3 aromatic rings. The number of hydrogen-bond acceptors (Lipinski definition) is 8. The summed E-state index contributed by atoms with van der Waals surface area (Å²) in [6.07, 6.45) is 4.51. The second kappa shape index (κ2) is 10.4. The Morgan fingerprint density at radius 3 is 2.70 bits per heavy atom. The zero-order valence-corrected chi connectivity index (χ0v) is 18.8. The number of aliphatic hydroxyl groups excluding tert-OH is 1. The quantitative estimate of drug-likeness (QED) is 0.328. The van der Waals surface area contributed by atoms with Gasteiger partial charge in [-0.15, -0.1) is 0 Å². The van der Waals surface area contributed by atoms with E-state index in [2.05, 4.69) is 37.6 Å². The molecule has 33 heavy (non-hydrogen) atoms. The number of benzene rings is 2. The van der Waals surface area contributed by atoms with Gasteiger partial charge in [0.15, 0.2) is 0 Å². The lowest BCUT2D eigenvalue weighted by molar-refractivity contribution is -0.383. The van der Waals surface area contributed by atoms with E-state index in [1.165, 1.54) is 18.1 Å². The molecule has 0 spiro atoms. The van der Waals surface area contributed by atoms with Gasteiger partial charge in [0.25, 0.3) is 5.69 Å². The first-order chi connectivity index (χ1) is 16.1. The zero-order chi connectivity index (χ0) is 23.2. The van der Waals surface area contributed by atoms with Crippen LogP contribution in [0.25, 0.3) is 10.9 Å². The molecule has 0 unspecified atom stereocenters. The lowest BCUT2D eigenvalue weighted by Gasteiger charge is -2.34. The predicted octanol–water partition coefficient (Wildman–Crippen LogP) is 4.18. The van der Waals surface area contributed by atoms with Crippen molar-refractivity contribution in [3.63, 3.8) is 0 Å². The summed E-state index contributed by atoms with van der Waals surface area (Å²) in [6.45, 7) is 5.22. The van der Waals surface area contributed by atoms with Crippen molar-refractivity contribution in [3.8, 4) is 0 Å². The molecule has 0 radical (unpaired) electrons. The van der Waals surface area contributed by atoms with Gasteiger partial charge in [-0.1, -0.05) is 18.2 Å². The molecule has 0 aliphatic carbocycles. The summed E-state index contributed by atoms with van der Waals surface area (Å²) < 4.78 is 0. The van der Waals surface area contributed by atoms with Crippen LogP contribution in [0, 0.1) is 16.0 Å². The molecule has 0 amide bonds. The molecule has 2 heterocycles. The second-order valence-corrected chi connectivity index (χ2v) is 8.32. The Morgan fingerprint density at radius 1 is 1.18 bits per heavy atom. The van der Waals surface area contributed by atoms with Crippen LogP contribution in [0.5, 0.6) is 0 Å². The van der Waals surface area contributed by atoms with Crippen molar-refractivity contribution in [1.82, 2.24) is 9.97 Å². The summed E-state index contributed by atoms with van der Waals surface area (Å²) in [5.41, 5.74) is 3.44. The summed E-state index contributed by atoms with van der Waals surface area (Å²) in [6, 6.07) is 11.5. The molecular weight excluding hydrogens is 420 g/mol. The van der Waals surface area contributed by atoms with Gasteiger partial charge in [-0.25, -0.2) is 9.97 Å². The standard InChI is InChI=1S/C24H30N6O3/c1-2-25-21-14-20-19(13-23(21)30(32)33)24(28-16-27-20)26-15-18-5-3-4-6-22(18)29-10-7-17(8-11-29)9-12-31/h3-6,13-14,16-17,25,31H,2,7-12,15H2,1H3,(H,26,27,28). The number of aromatic nitrogens is 2. The summed E-state index contributed by atoms with van der Waals surface area (Å²) in [5.74, 6) is 1.16. The van der Waals surface area contributed by atoms with Gasteiger partial charge in [-0.2, -0.15) is 0 Å². The lowest BCUT2D eigenvalue weighted by atomic mass is 9.93. The van der Waals surface area contributed by atoms with Crippen LogP contribution in [0.4, 0.5) is 22.9 Å². The van der Waals surface area contributed by atoms with Gasteiger partial charge < -0.3 is 20.6 Å². The molecule has 0 saturated carbocycles. The van der Waals surface area contributed by atoms with Crippen molar-refractivity contribution in [2.75, 3.05) is 41.8 Å². The van der Waals surface area contributed by atoms with Crippen LogP contribution in [0.2, 0.25) is 0 Å². The highest BCUT2D eigenvalue weighted by molar-refractivity contribution is 5.94. The molecule has 2 aromatic carbocycles. The molecule has 1 saturated heterocycles. The molecule has 1 fully saturated rings. The minimum atomic E-state index is -0.385. The zero-order valence-electron chi connectivity index (χ0n) is 18.8. The maximum Gasteiger partial charge on any atom is 0.293 e. The van der Waals surface area contributed by atoms with E-state index >= 15 is 0 Å². The Kier molecular flexibility index (Phi) is 7.19. The van der Waals surface area contributed by atoms with Crippen LogP contribution in [0.1, 0.15) is 31.7 Å². The molecule has 1 aliphatic rings. The van der Waals surface area contributed by atoms with Gasteiger partial charge in [0.2, 0.25) is 0 Å².